The average Bonchev–Trinajstić information content (AvgIpc) is 2.90. The van der Waals surface area contributed by atoms with Gasteiger partial charge in [-0.2, -0.15) is 0 Å². The second-order valence-corrected chi connectivity index (χ2v) is 6.14. The molecule has 3 rings (SSSR count). The van der Waals surface area contributed by atoms with Crippen molar-refractivity contribution in [2.24, 2.45) is 0 Å². The van der Waals surface area contributed by atoms with Crippen molar-refractivity contribution in [3.8, 4) is 0 Å². The molecular formula is C18H23N5O. The van der Waals surface area contributed by atoms with Gasteiger partial charge in [-0.15, -0.1) is 10.2 Å². The summed E-state index contributed by atoms with van der Waals surface area (Å²) in [5.74, 6) is 0.498. The van der Waals surface area contributed by atoms with Crippen LogP contribution in [-0.4, -0.2) is 27.1 Å². The predicted octanol–water partition coefficient (Wildman–Crippen LogP) is 2.94. The van der Waals surface area contributed by atoms with E-state index in [0.29, 0.717) is 18.1 Å². The van der Waals surface area contributed by atoms with Crippen LogP contribution in [-0.2, 0) is 6.54 Å². The van der Waals surface area contributed by atoms with Crippen LogP contribution in [0, 0.1) is 0 Å². The molecule has 2 aromatic heterocycles. The number of pyridine rings is 1. The first-order valence-corrected chi connectivity index (χ1v) is 8.59. The molecule has 0 spiro atoms. The Balaban J connectivity index is 1.52. The third-order valence-corrected chi connectivity index (χ3v) is 4.26. The Morgan fingerprint density at radius 3 is 2.54 bits per heavy atom. The maximum atomic E-state index is 12.3. The Morgan fingerprint density at radius 1 is 1.04 bits per heavy atom. The molecule has 6 heteroatoms. The van der Waals surface area contributed by atoms with Gasteiger partial charge in [-0.25, -0.2) is 0 Å². The van der Waals surface area contributed by atoms with Gasteiger partial charge < -0.3 is 10.6 Å². The summed E-state index contributed by atoms with van der Waals surface area (Å²) >= 11 is 0. The minimum absolute atomic E-state index is 0.134. The van der Waals surface area contributed by atoms with Gasteiger partial charge in [-0.1, -0.05) is 31.7 Å². The van der Waals surface area contributed by atoms with Crippen molar-refractivity contribution >= 4 is 11.7 Å². The molecule has 2 heterocycles. The predicted molar refractivity (Wildman–Crippen MR) is 92.6 cm³/mol. The van der Waals surface area contributed by atoms with Crippen LogP contribution in [0.25, 0.3) is 0 Å². The monoisotopic (exact) mass is 325 g/mol. The van der Waals surface area contributed by atoms with E-state index in [1.54, 1.807) is 18.3 Å². The second-order valence-electron chi connectivity index (χ2n) is 6.14. The Bertz CT molecular complexity index is 636. The maximum absolute atomic E-state index is 12.3. The van der Waals surface area contributed by atoms with Crippen LogP contribution in [0.2, 0.25) is 0 Å². The van der Waals surface area contributed by atoms with Crippen molar-refractivity contribution in [2.45, 2.75) is 51.1 Å². The lowest BCUT2D eigenvalue weighted by atomic mass is 10.1. The molecule has 1 saturated carbocycles. The molecule has 0 aromatic carbocycles. The SMILES string of the molecule is O=C(NC1CCCCCC1)c1ccc(NCc2ccccn2)nn1. The molecule has 2 N–H and O–H groups in total. The summed E-state index contributed by atoms with van der Waals surface area (Å²) in [6.07, 6.45) is 8.78. The lowest BCUT2D eigenvalue weighted by molar-refractivity contribution is 0.0927. The van der Waals surface area contributed by atoms with Gasteiger partial charge in [0.2, 0.25) is 0 Å². The van der Waals surface area contributed by atoms with Gasteiger partial charge in [0.15, 0.2) is 5.69 Å². The van der Waals surface area contributed by atoms with E-state index in [1.165, 1.54) is 25.7 Å². The highest BCUT2D eigenvalue weighted by Gasteiger charge is 2.16. The van der Waals surface area contributed by atoms with Gasteiger partial charge in [0.25, 0.3) is 5.91 Å². The molecule has 0 aliphatic heterocycles. The van der Waals surface area contributed by atoms with Crippen molar-refractivity contribution < 1.29 is 4.79 Å². The van der Waals surface area contributed by atoms with E-state index in [4.69, 9.17) is 0 Å². The molecule has 1 aliphatic rings. The largest absolute Gasteiger partial charge is 0.363 e. The van der Waals surface area contributed by atoms with E-state index in [-0.39, 0.29) is 11.9 Å². The standard InChI is InChI=1S/C18H23N5O/c24-18(21-14-7-3-1-2-4-8-14)16-10-11-17(23-22-16)20-13-15-9-5-6-12-19-15/h5-6,9-12,14H,1-4,7-8,13H2,(H,20,23)(H,21,24). The quantitative estimate of drug-likeness (QED) is 0.826. The third-order valence-electron chi connectivity index (χ3n) is 4.26. The molecule has 1 fully saturated rings. The molecule has 0 radical (unpaired) electrons. The molecule has 0 bridgehead atoms. The minimum Gasteiger partial charge on any atom is -0.363 e. The number of carbonyl (C=O) groups is 1. The molecular weight excluding hydrogens is 302 g/mol. The highest BCUT2D eigenvalue weighted by molar-refractivity contribution is 5.92. The van der Waals surface area contributed by atoms with E-state index in [1.807, 2.05) is 18.2 Å². The van der Waals surface area contributed by atoms with Crippen LogP contribution in [0.5, 0.6) is 0 Å². The first-order valence-electron chi connectivity index (χ1n) is 8.59. The zero-order chi connectivity index (χ0) is 16.6. The molecule has 0 atom stereocenters. The Hall–Kier alpha value is -2.50. The van der Waals surface area contributed by atoms with Gasteiger partial charge in [-0.3, -0.25) is 9.78 Å². The Morgan fingerprint density at radius 2 is 1.88 bits per heavy atom. The molecule has 24 heavy (non-hydrogen) atoms. The molecule has 0 saturated heterocycles. The number of amides is 1. The van der Waals surface area contributed by atoms with Crippen LogP contribution in [0.15, 0.2) is 36.5 Å². The highest BCUT2D eigenvalue weighted by Crippen LogP contribution is 2.17. The first-order chi connectivity index (χ1) is 11.8. The number of nitrogens with zero attached hydrogens (tertiary/aromatic N) is 3. The van der Waals surface area contributed by atoms with Gasteiger partial charge in [0, 0.05) is 12.2 Å². The Kier molecular flexibility index (Phi) is 5.71. The van der Waals surface area contributed by atoms with Crippen LogP contribution in [0.3, 0.4) is 0 Å². The number of nitrogens with one attached hydrogen (secondary N) is 2. The fourth-order valence-electron chi connectivity index (χ4n) is 2.91. The van der Waals surface area contributed by atoms with E-state index in [2.05, 4.69) is 25.8 Å². The fraction of sp³-hybridized carbons (Fsp3) is 0.444. The van der Waals surface area contributed by atoms with Crippen LogP contribution in [0.1, 0.15) is 54.7 Å². The minimum atomic E-state index is -0.134. The summed E-state index contributed by atoms with van der Waals surface area (Å²) in [6.45, 7) is 0.573. The fourth-order valence-corrected chi connectivity index (χ4v) is 2.91. The second kappa shape index (κ2) is 8.38. The van der Waals surface area contributed by atoms with E-state index >= 15 is 0 Å². The summed E-state index contributed by atoms with van der Waals surface area (Å²) in [5.41, 5.74) is 1.29. The molecule has 1 amide bonds. The van der Waals surface area contributed by atoms with Gasteiger partial charge in [0.1, 0.15) is 5.82 Å². The van der Waals surface area contributed by atoms with Gasteiger partial charge in [0.05, 0.1) is 12.2 Å². The number of rotatable bonds is 5. The van der Waals surface area contributed by atoms with Crippen molar-refractivity contribution in [3.63, 3.8) is 0 Å². The van der Waals surface area contributed by atoms with Crippen LogP contribution in [0.4, 0.5) is 5.82 Å². The van der Waals surface area contributed by atoms with Gasteiger partial charge in [-0.05, 0) is 37.1 Å². The Labute approximate surface area is 142 Å². The highest BCUT2D eigenvalue weighted by atomic mass is 16.2. The van der Waals surface area contributed by atoms with Crippen LogP contribution < -0.4 is 10.6 Å². The summed E-state index contributed by atoms with van der Waals surface area (Å²) in [4.78, 5) is 16.5. The normalized spacial score (nSPS) is 15.5. The van der Waals surface area contributed by atoms with Crippen LogP contribution >= 0.6 is 0 Å². The summed E-state index contributed by atoms with van der Waals surface area (Å²) in [5, 5.41) is 14.3. The van der Waals surface area contributed by atoms with E-state index in [9.17, 15) is 4.79 Å². The zero-order valence-corrected chi connectivity index (χ0v) is 13.7. The first kappa shape index (κ1) is 16.4. The lowest BCUT2D eigenvalue weighted by Gasteiger charge is -2.15. The summed E-state index contributed by atoms with van der Waals surface area (Å²) in [7, 11) is 0. The van der Waals surface area contributed by atoms with Crippen molar-refractivity contribution in [2.75, 3.05) is 5.32 Å². The number of carbonyl (C=O) groups excluding carboxylic acids is 1. The average molecular weight is 325 g/mol. The summed E-state index contributed by atoms with van der Waals surface area (Å²) in [6, 6.07) is 9.51. The molecule has 2 aromatic rings. The topological polar surface area (TPSA) is 79.8 Å². The molecule has 0 unspecified atom stereocenters. The number of hydrogen-bond acceptors (Lipinski definition) is 5. The number of anilines is 1. The van der Waals surface area contributed by atoms with E-state index < -0.39 is 0 Å². The lowest BCUT2D eigenvalue weighted by Crippen LogP contribution is -2.35. The molecule has 6 nitrogen and oxygen atoms in total. The number of aromatic nitrogens is 3. The summed E-state index contributed by atoms with van der Waals surface area (Å²) < 4.78 is 0. The van der Waals surface area contributed by atoms with E-state index in [0.717, 1.165) is 18.5 Å². The smallest absolute Gasteiger partial charge is 0.272 e. The van der Waals surface area contributed by atoms with Crippen molar-refractivity contribution in [1.82, 2.24) is 20.5 Å². The molecule has 126 valence electrons. The number of hydrogen-bond donors (Lipinski definition) is 2. The van der Waals surface area contributed by atoms with Crippen molar-refractivity contribution in [3.05, 3.63) is 47.9 Å². The molecule has 1 aliphatic carbocycles. The zero-order valence-electron chi connectivity index (χ0n) is 13.7. The third kappa shape index (κ3) is 4.75. The van der Waals surface area contributed by atoms with Gasteiger partial charge >= 0.3 is 0 Å². The maximum Gasteiger partial charge on any atom is 0.272 e. The van der Waals surface area contributed by atoms with Crippen molar-refractivity contribution in [1.29, 1.82) is 0 Å².